The molecule has 4 nitrogen and oxygen atoms in total. The van der Waals surface area contributed by atoms with E-state index in [4.69, 9.17) is 5.26 Å². The van der Waals surface area contributed by atoms with Gasteiger partial charge in [0, 0.05) is 0 Å². The Morgan fingerprint density at radius 3 is 2.44 bits per heavy atom. The summed E-state index contributed by atoms with van der Waals surface area (Å²) in [7, 11) is 0. The first-order chi connectivity index (χ1) is 7.74. The summed E-state index contributed by atoms with van der Waals surface area (Å²) in [6.07, 6.45) is 0.683. The van der Waals surface area contributed by atoms with Gasteiger partial charge in [0.25, 0.3) is 0 Å². The number of fused-ring (bicyclic) bond motifs is 1. The van der Waals surface area contributed by atoms with E-state index >= 15 is 0 Å². The number of hydrogen-bond acceptors (Lipinski definition) is 3. The Labute approximate surface area is 92.1 Å². The molecule has 78 valence electrons. The van der Waals surface area contributed by atoms with Crippen LogP contribution in [0.15, 0.2) is 24.3 Å². The van der Waals surface area contributed by atoms with E-state index < -0.39 is 0 Å². The average molecular weight is 212 g/mol. The van der Waals surface area contributed by atoms with E-state index in [9.17, 15) is 9.59 Å². The van der Waals surface area contributed by atoms with Gasteiger partial charge in [-0.05, 0) is 18.6 Å². The fourth-order valence-corrected chi connectivity index (χ4v) is 2.18. The SMILES string of the molecule is N#Cc1ccccc1N1C(=O)C2CC2C1=O. The van der Waals surface area contributed by atoms with Crippen LogP contribution in [-0.2, 0) is 9.59 Å². The topological polar surface area (TPSA) is 61.2 Å². The number of nitrogens with zero attached hydrogens (tertiary/aromatic N) is 2. The summed E-state index contributed by atoms with van der Waals surface area (Å²) in [6.45, 7) is 0. The van der Waals surface area contributed by atoms with Gasteiger partial charge in [-0.3, -0.25) is 9.59 Å². The molecule has 1 saturated carbocycles. The Kier molecular flexibility index (Phi) is 1.66. The molecule has 0 bridgehead atoms. The van der Waals surface area contributed by atoms with Crippen LogP contribution in [0.5, 0.6) is 0 Å². The van der Waals surface area contributed by atoms with Crippen molar-refractivity contribution in [3.8, 4) is 6.07 Å². The molecule has 2 atom stereocenters. The number of benzene rings is 1. The number of carbonyl (C=O) groups is 2. The highest BCUT2D eigenvalue weighted by atomic mass is 16.2. The van der Waals surface area contributed by atoms with E-state index in [2.05, 4.69) is 0 Å². The summed E-state index contributed by atoms with van der Waals surface area (Å²) in [4.78, 5) is 24.8. The number of para-hydroxylation sites is 1. The highest BCUT2D eigenvalue weighted by Gasteiger charge is 2.59. The van der Waals surface area contributed by atoms with E-state index in [1.54, 1.807) is 24.3 Å². The maximum Gasteiger partial charge on any atom is 0.237 e. The second-order valence-corrected chi connectivity index (χ2v) is 4.09. The molecule has 0 radical (unpaired) electrons. The summed E-state index contributed by atoms with van der Waals surface area (Å²) in [6, 6.07) is 8.69. The Hall–Kier alpha value is -2.15. The number of imide groups is 1. The Morgan fingerprint density at radius 2 is 1.81 bits per heavy atom. The molecular weight excluding hydrogens is 204 g/mol. The normalized spacial score (nSPS) is 26.6. The van der Waals surface area contributed by atoms with Gasteiger partial charge in [-0.1, -0.05) is 12.1 Å². The fraction of sp³-hybridized carbons (Fsp3) is 0.250. The van der Waals surface area contributed by atoms with Crippen molar-refractivity contribution in [2.75, 3.05) is 4.90 Å². The summed E-state index contributed by atoms with van der Waals surface area (Å²) in [5.41, 5.74) is 0.790. The van der Waals surface area contributed by atoms with Crippen LogP contribution in [-0.4, -0.2) is 11.8 Å². The molecule has 1 aromatic carbocycles. The number of piperidine rings is 1. The third-order valence-electron chi connectivity index (χ3n) is 3.13. The molecule has 0 spiro atoms. The van der Waals surface area contributed by atoms with Crippen LogP contribution in [0, 0.1) is 23.2 Å². The summed E-state index contributed by atoms with van der Waals surface area (Å²) < 4.78 is 0. The van der Waals surface area contributed by atoms with Crippen LogP contribution in [0.2, 0.25) is 0 Å². The first-order valence-electron chi connectivity index (χ1n) is 5.11. The van der Waals surface area contributed by atoms with E-state index in [0.717, 1.165) is 4.90 Å². The molecule has 0 N–H and O–H groups in total. The smallest absolute Gasteiger partial charge is 0.237 e. The van der Waals surface area contributed by atoms with Crippen LogP contribution in [0.1, 0.15) is 12.0 Å². The van der Waals surface area contributed by atoms with Crippen LogP contribution >= 0.6 is 0 Å². The lowest BCUT2D eigenvalue weighted by molar-refractivity contribution is -0.123. The molecular formula is C12H8N2O2. The molecule has 1 saturated heterocycles. The molecule has 2 unspecified atom stereocenters. The van der Waals surface area contributed by atoms with Crippen molar-refractivity contribution in [3.05, 3.63) is 29.8 Å². The summed E-state index contributed by atoms with van der Waals surface area (Å²) in [5.74, 6) is -0.561. The zero-order chi connectivity index (χ0) is 11.3. The number of carbonyl (C=O) groups excluding carboxylic acids is 2. The van der Waals surface area contributed by atoms with Crippen molar-refractivity contribution in [2.24, 2.45) is 11.8 Å². The number of amides is 2. The van der Waals surface area contributed by atoms with Crippen LogP contribution in [0.25, 0.3) is 0 Å². The fourth-order valence-electron chi connectivity index (χ4n) is 2.18. The highest BCUT2D eigenvalue weighted by Crippen LogP contribution is 2.48. The molecule has 2 fully saturated rings. The molecule has 16 heavy (non-hydrogen) atoms. The number of anilines is 1. The Bertz CT molecular complexity index is 524. The minimum absolute atomic E-state index is 0.126. The lowest BCUT2D eigenvalue weighted by Gasteiger charge is -2.17. The predicted molar refractivity (Wildman–Crippen MR) is 55.2 cm³/mol. The third-order valence-corrected chi connectivity index (χ3v) is 3.13. The first kappa shape index (κ1) is 9.10. The van der Waals surface area contributed by atoms with Crippen LogP contribution in [0.4, 0.5) is 5.69 Å². The number of rotatable bonds is 1. The lowest BCUT2D eigenvalue weighted by Crippen LogP contribution is -2.33. The molecule has 1 aliphatic heterocycles. The molecule has 2 amide bonds. The minimum atomic E-state index is -0.155. The van der Waals surface area contributed by atoms with E-state index in [1.807, 2.05) is 6.07 Å². The van der Waals surface area contributed by atoms with Gasteiger partial charge in [-0.25, -0.2) is 4.90 Å². The monoisotopic (exact) mass is 212 g/mol. The van der Waals surface area contributed by atoms with Crippen molar-refractivity contribution in [1.29, 1.82) is 5.26 Å². The first-order valence-corrected chi connectivity index (χ1v) is 5.11. The molecule has 3 rings (SSSR count). The molecule has 1 aromatic rings. The van der Waals surface area contributed by atoms with Gasteiger partial charge in [0.05, 0.1) is 23.1 Å². The largest absolute Gasteiger partial charge is 0.274 e. The zero-order valence-corrected chi connectivity index (χ0v) is 8.38. The van der Waals surface area contributed by atoms with Gasteiger partial charge in [0.2, 0.25) is 11.8 Å². The van der Waals surface area contributed by atoms with Crippen molar-refractivity contribution in [2.45, 2.75) is 6.42 Å². The average Bonchev–Trinajstić information content (AvgIpc) is 3.05. The van der Waals surface area contributed by atoms with E-state index in [1.165, 1.54) is 0 Å². The zero-order valence-electron chi connectivity index (χ0n) is 8.38. The van der Waals surface area contributed by atoms with Gasteiger partial charge in [0.1, 0.15) is 6.07 Å². The quantitative estimate of drug-likeness (QED) is 0.654. The third kappa shape index (κ3) is 1.03. The predicted octanol–water partition coefficient (Wildman–Crippen LogP) is 1.07. The Morgan fingerprint density at radius 1 is 1.19 bits per heavy atom. The maximum atomic E-state index is 11.8. The highest BCUT2D eigenvalue weighted by molar-refractivity contribution is 6.25. The van der Waals surface area contributed by atoms with Gasteiger partial charge in [-0.2, -0.15) is 5.26 Å². The minimum Gasteiger partial charge on any atom is -0.274 e. The van der Waals surface area contributed by atoms with Crippen molar-refractivity contribution < 1.29 is 9.59 Å². The summed E-state index contributed by atoms with van der Waals surface area (Å²) >= 11 is 0. The van der Waals surface area contributed by atoms with Gasteiger partial charge < -0.3 is 0 Å². The number of nitriles is 1. The standard InChI is InChI=1S/C12H8N2O2/c13-6-7-3-1-2-4-10(7)14-11(15)8-5-9(8)12(14)16/h1-4,8-9H,5H2. The molecule has 0 aromatic heterocycles. The van der Waals surface area contributed by atoms with E-state index in [-0.39, 0.29) is 23.7 Å². The second kappa shape index (κ2) is 2.92. The second-order valence-electron chi connectivity index (χ2n) is 4.09. The number of hydrogen-bond donors (Lipinski definition) is 0. The van der Waals surface area contributed by atoms with Crippen LogP contribution < -0.4 is 4.90 Å². The molecule has 4 heteroatoms. The van der Waals surface area contributed by atoms with Crippen molar-refractivity contribution in [3.63, 3.8) is 0 Å². The van der Waals surface area contributed by atoms with Gasteiger partial charge in [0.15, 0.2) is 0 Å². The molecule has 1 heterocycles. The maximum absolute atomic E-state index is 11.8. The van der Waals surface area contributed by atoms with Crippen molar-refractivity contribution in [1.82, 2.24) is 0 Å². The van der Waals surface area contributed by atoms with Gasteiger partial charge in [-0.15, -0.1) is 0 Å². The summed E-state index contributed by atoms with van der Waals surface area (Å²) in [5, 5.41) is 8.93. The molecule has 1 aliphatic carbocycles. The Balaban J connectivity index is 2.08. The van der Waals surface area contributed by atoms with E-state index in [0.29, 0.717) is 17.7 Å². The van der Waals surface area contributed by atoms with Crippen molar-refractivity contribution >= 4 is 17.5 Å². The lowest BCUT2D eigenvalue weighted by atomic mass is 10.1. The van der Waals surface area contributed by atoms with Gasteiger partial charge >= 0.3 is 0 Å². The van der Waals surface area contributed by atoms with Crippen LogP contribution in [0.3, 0.4) is 0 Å². The molecule has 2 aliphatic rings.